The molecule has 0 fully saturated rings. The van der Waals surface area contributed by atoms with E-state index in [0.717, 1.165) is 11.1 Å². The Morgan fingerprint density at radius 3 is 2.30 bits per heavy atom. The first-order valence-corrected chi connectivity index (χ1v) is 12.5. The van der Waals surface area contributed by atoms with E-state index in [1.807, 2.05) is 31.2 Å². The van der Waals surface area contributed by atoms with Gasteiger partial charge in [-0.1, -0.05) is 48.9 Å². The van der Waals surface area contributed by atoms with E-state index in [1.54, 1.807) is 13.8 Å². The highest BCUT2D eigenvalue weighted by Crippen LogP contribution is 2.27. The van der Waals surface area contributed by atoms with E-state index in [2.05, 4.69) is 25.6 Å². The lowest BCUT2D eigenvalue weighted by Gasteiger charge is -2.21. The molecule has 33 heavy (non-hydrogen) atoms. The zero-order valence-electron chi connectivity index (χ0n) is 18.6. The Kier molecular flexibility index (Phi) is 7.57. The maximum absolute atomic E-state index is 12.9. The average molecular weight is 488 g/mol. The number of anilines is 2. The number of nitrogens with one attached hydrogen (secondary N) is 3. The third kappa shape index (κ3) is 6.44. The number of aromatic nitrogens is 2. The molecule has 0 radical (unpaired) electrons. The van der Waals surface area contributed by atoms with Gasteiger partial charge in [-0.25, -0.2) is 8.42 Å². The number of rotatable bonds is 8. The number of amides is 2. The van der Waals surface area contributed by atoms with Crippen LogP contribution in [0.3, 0.4) is 0 Å². The third-order valence-corrected chi connectivity index (χ3v) is 6.98. The maximum Gasteiger partial charge on any atom is 0.244 e. The Hall–Kier alpha value is -3.15. The van der Waals surface area contributed by atoms with Crippen LogP contribution in [0.4, 0.5) is 10.8 Å². The fourth-order valence-corrected chi connectivity index (χ4v) is 5.09. The largest absolute Gasteiger partial charge is 0.326 e. The molecule has 0 aliphatic heterocycles. The van der Waals surface area contributed by atoms with Crippen LogP contribution < -0.4 is 15.4 Å². The molecule has 3 rings (SSSR count). The zero-order valence-corrected chi connectivity index (χ0v) is 20.3. The highest BCUT2D eigenvalue weighted by Gasteiger charge is 2.29. The Balaban J connectivity index is 1.73. The summed E-state index contributed by atoms with van der Waals surface area (Å²) in [6, 6.07) is 12.4. The predicted octanol–water partition coefficient (Wildman–Crippen LogP) is 3.41. The van der Waals surface area contributed by atoms with Gasteiger partial charge in [0.25, 0.3) is 0 Å². The molecule has 1 heterocycles. The van der Waals surface area contributed by atoms with Crippen molar-refractivity contribution in [3.8, 4) is 10.6 Å². The molecular formula is C22H25N5O4S2. The van der Waals surface area contributed by atoms with Crippen LogP contribution in [0.1, 0.15) is 26.3 Å². The van der Waals surface area contributed by atoms with Crippen LogP contribution >= 0.6 is 11.3 Å². The average Bonchev–Trinajstić information content (AvgIpc) is 3.20. The van der Waals surface area contributed by atoms with Crippen molar-refractivity contribution in [2.24, 2.45) is 5.92 Å². The van der Waals surface area contributed by atoms with Crippen molar-refractivity contribution in [3.05, 3.63) is 54.1 Å². The molecule has 1 aromatic heterocycles. The van der Waals surface area contributed by atoms with Gasteiger partial charge in [-0.3, -0.25) is 14.9 Å². The fraction of sp³-hybridized carbons (Fsp3) is 0.273. The number of carbonyl (C=O) groups is 2. The van der Waals surface area contributed by atoms with Gasteiger partial charge in [0.1, 0.15) is 11.0 Å². The van der Waals surface area contributed by atoms with E-state index in [4.69, 9.17) is 0 Å². The summed E-state index contributed by atoms with van der Waals surface area (Å²) in [5.74, 6) is -1.12. The Bertz CT molecular complexity index is 1250. The number of hydrogen-bond acceptors (Lipinski definition) is 7. The van der Waals surface area contributed by atoms with E-state index in [0.29, 0.717) is 10.7 Å². The van der Waals surface area contributed by atoms with Crippen LogP contribution in [0, 0.1) is 12.8 Å². The van der Waals surface area contributed by atoms with E-state index < -0.39 is 22.0 Å². The quantitative estimate of drug-likeness (QED) is 0.446. The molecule has 2 amide bonds. The number of benzene rings is 2. The minimum atomic E-state index is -3.99. The normalized spacial score (nSPS) is 12.4. The van der Waals surface area contributed by atoms with Gasteiger partial charge in [-0.15, -0.1) is 10.2 Å². The van der Waals surface area contributed by atoms with Crippen LogP contribution in [-0.4, -0.2) is 36.5 Å². The summed E-state index contributed by atoms with van der Waals surface area (Å²) in [7, 11) is -3.99. The molecule has 0 aliphatic rings. The molecule has 9 nitrogen and oxygen atoms in total. The lowest BCUT2D eigenvalue weighted by atomic mass is 10.1. The summed E-state index contributed by atoms with van der Waals surface area (Å²) in [6.45, 7) is 6.82. The molecule has 1 atom stereocenters. The molecule has 11 heteroatoms. The van der Waals surface area contributed by atoms with Gasteiger partial charge in [0.15, 0.2) is 0 Å². The zero-order chi connectivity index (χ0) is 24.2. The van der Waals surface area contributed by atoms with E-state index >= 15 is 0 Å². The summed E-state index contributed by atoms with van der Waals surface area (Å²) >= 11 is 1.21. The molecule has 1 unspecified atom stereocenters. The summed E-state index contributed by atoms with van der Waals surface area (Å²) in [5, 5.41) is 14.3. The molecule has 0 spiro atoms. The van der Waals surface area contributed by atoms with E-state index in [9.17, 15) is 18.0 Å². The molecule has 3 aromatic rings. The second kappa shape index (κ2) is 10.2. The summed E-state index contributed by atoms with van der Waals surface area (Å²) < 4.78 is 28.2. The number of hydrogen-bond donors (Lipinski definition) is 3. The lowest BCUT2D eigenvalue weighted by Crippen LogP contribution is -2.47. The van der Waals surface area contributed by atoms with Gasteiger partial charge in [-0.2, -0.15) is 4.72 Å². The molecule has 0 saturated heterocycles. The van der Waals surface area contributed by atoms with Gasteiger partial charge in [0.05, 0.1) is 4.90 Å². The molecule has 0 saturated carbocycles. The van der Waals surface area contributed by atoms with Gasteiger partial charge >= 0.3 is 0 Å². The molecule has 2 aromatic carbocycles. The lowest BCUT2D eigenvalue weighted by molar-refractivity contribution is -0.118. The Morgan fingerprint density at radius 2 is 1.70 bits per heavy atom. The first kappa shape index (κ1) is 24.5. The second-order valence-corrected chi connectivity index (χ2v) is 10.5. The van der Waals surface area contributed by atoms with Crippen molar-refractivity contribution >= 4 is 44.0 Å². The van der Waals surface area contributed by atoms with Crippen LogP contribution in [0.2, 0.25) is 0 Å². The first-order chi connectivity index (χ1) is 15.5. The standard InChI is InChI=1S/C22H25N5O4S2/c1-13(2)19(27-33(30,31)18-10-8-17(9-11-18)23-15(4)28)20(29)24-22-26-25-21(32-22)16-7-5-6-14(3)12-16/h5-13,19,27H,1-4H3,(H,23,28)(H,24,26,29). The summed E-state index contributed by atoms with van der Waals surface area (Å²) in [4.78, 5) is 24.0. The van der Waals surface area contributed by atoms with Crippen LogP contribution in [-0.2, 0) is 19.6 Å². The molecule has 174 valence electrons. The fourth-order valence-electron chi connectivity index (χ4n) is 3.00. The SMILES string of the molecule is CC(=O)Nc1ccc(S(=O)(=O)NC(C(=O)Nc2nnc(-c3cccc(C)c3)s2)C(C)C)cc1. The Labute approximate surface area is 196 Å². The maximum atomic E-state index is 12.9. The van der Waals surface area contributed by atoms with Crippen molar-refractivity contribution < 1.29 is 18.0 Å². The van der Waals surface area contributed by atoms with Crippen molar-refractivity contribution in [3.63, 3.8) is 0 Å². The van der Waals surface area contributed by atoms with E-state index in [1.165, 1.54) is 42.5 Å². The van der Waals surface area contributed by atoms with Crippen molar-refractivity contribution in [2.75, 3.05) is 10.6 Å². The molecule has 0 aliphatic carbocycles. The summed E-state index contributed by atoms with van der Waals surface area (Å²) in [6.07, 6.45) is 0. The van der Waals surface area contributed by atoms with Gasteiger partial charge < -0.3 is 5.32 Å². The third-order valence-electron chi connectivity index (χ3n) is 4.64. The topological polar surface area (TPSA) is 130 Å². The van der Waals surface area contributed by atoms with Crippen molar-refractivity contribution in [1.82, 2.24) is 14.9 Å². The van der Waals surface area contributed by atoms with Crippen LogP contribution in [0.5, 0.6) is 0 Å². The van der Waals surface area contributed by atoms with Gasteiger partial charge in [-0.05, 0) is 43.2 Å². The minimum Gasteiger partial charge on any atom is -0.326 e. The molecular weight excluding hydrogens is 462 g/mol. The number of carbonyl (C=O) groups excluding carboxylic acids is 2. The summed E-state index contributed by atoms with van der Waals surface area (Å²) in [5.41, 5.74) is 2.43. The number of sulfonamides is 1. The highest BCUT2D eigenvalue weighted by molar-refractivity contribution is 7.89. The number of nitrogens with zero attached hydrogens (tertiary/aromatic N) is 2. The van der Waals surface area contributed by atoms with Crippen molar-refractivity contribution in [2.45, 2.75) is 38.6 Å². The van der Waals surface area contributed by atoms with E-state index in [-0.39, 0.29) is 21.9 Å². The number of aryl methyl sites for hydroxylation is 1. The smallest absolute Gasteiger partial charge is 0.244 e. The van der Waals surface area contributed by atoms with Gasteiger partial charge in [0, 0.05) is 18.2 Å². The van der Waals surface area contributed by atoms with Crippen LogP contribution in [0.15, 0.2) is 53.4 Å². The van der Waals surface area contributed by atoms with Gasteiger partial charge in [0.2, 0.25) is 27.0 Å². The minimum absolute atomic E-state index is 0.0206. The highest BCUT2D eigenvalue weighted by atomic mass is 32.2. The molecule has 3 N–H and O–H groups in total. The second-order valence-electron chi connectivity index (χ2n) is 7.82. The Morgan fingerprint density at radius 1 is 1.00 bits per heavy atom. The van der Waals surface area contributed by atoms with Crippen LogP contribution in [0.25, 0.3) is 10.6 Å². The monoisotopic (exact) mass is 487 g/mol. The first-order valence-electron chi connectivity index (χ1n) is 10.2. The molecule has 0 bridgehead atoms. The predicted molar refractivity (Wildman–Crippen MR) is 128 cm³/mol. The van der Waals surface area contributed by atoms with Crippen molar-refractivity contribution in [1.29, 1.82) is 0 Å².